The number of carbonyl (C=O) groups is 3. The monoisotopic (exact) mass is 1050 g/mol. The fourth-order valence-corrected chi connectivity index (χ4v) is 13.7. The molecular weight excluding hydrogens is 983 g/mol. The first kappa shape index (κ1) is 51.7. The highest BCUT2D eigenvalue weighted by atomic mass is 19.1. The molecule has 6 fully saturated rings. The zero-order valence-electron chi connectivity index (χ0n) is 45.0. The summed E-state index contributed by atoms with van der Waals surface area (Å²) in [6.07, 6.45) is 13.0. The number of piperazine rings is 1. The summed E-state index contributed by atoms with van der Waals surface area (Å²) in [4.78, 5) is 63.5. The molecule has 0 unspecified atom stereocenters. The molecule has 6 heterocycles. The van der Waals surface area contributed by atoms with Gasteiger partial charge in [-0.15, -0.1) is 0 Å². The SMILES string of the molecule is CCc1c(F)ccc2cc(OCOC)cc(-c3ncc4c(NCC5(N(C)C)CCC5)nc(OCC5(CN6CCC7(CC6)CC(CN6CCN(c8ccc9c(c8)CN([C@H]8CCC(=O)NC8=O)C9=O)CC6)C7)CC5)nc4c3F)c12. The largest absolute Gasteiger partial charge is 0.468 e. The van der Waals surface area contributed by atoms with Gasteiger partial charge in [0.25, 0.3) is 5.91 Å². The number of aromatic nitrogens is 3. The number of hydrogen-bond donors (Lipinski definition) is 2. The predicted molar refractivity (Wildman–Crippen MR) is 290 cm³/mol. The molecule has 3 aliphatic carbocycles. The van der Waals surface area contributed by atoms with Crippen LogP contribution in [-0.2, 0) is 27.3 Å². The van der Waals surface area contributed by atoms with Gasteiger partial charge in [-0.05, 0) is 167 Å². The standard InChI is InChI=1S/C59H72F2N10O6/c1-5-42-46(60)10-7-38-26-41(77-36-75-4)27-44(49(38)42)51-50(61)52-45(30-62-51)53(63-33-59(67(2)3)13-6-14-59)66-56(65-52)76-35-58(15-16-58)34-69-19-17-57(18-20-69)28-37(29-57)31-68-21-23-70(24-22-68)40-8-9-43-39(25-40)32-71(55(43)74)47-11-12-48(72)64-54(47)73/h7-10,25-27,30,37,47H,5-6,11-24,28-29,31-36H2,1-4H3,(H,63,65,66)(H,64,72,73)/t47-/m0/s1. The zero-order chi connectivity index (χ0) is 53.2. The van der Waals surface area contributed by atoms with E-state index in [2.05, 4.69) is 50.4 Å². The van der Waals surface area contributed by atoms with Gasteiger partial charge in [0.15, 0.2) is 12.6 Å². The number of anilines is 2. The van der Waals surface area contributed by atoms with Crippen LogP contribution in [0, 0.1) is 28.4 Å². The third-order valence-electron chi connectivity index (χ3n) is 18.7. The number of fused-ring (bicyclic) bond motifs is 3. The van der Waals surface area contributed by atoms with E-state index in [0.717, 1.165) is 102 Å². The minimum absolute atomic E-state index is 0.00940. The number of likely N-dealkylation sites (N-methyl/N-ethyl adjacent to an activating group) is 1. The Bertz CT molecular complexity index is 3110. The zero-order valence-corrected chi connectivity index (χ0v) is 45.0. The van der Waals surface area contributed by atoms with E-state index in [9.17, 15) is 14.4 Å². The number of likely N-dealkylation sites (tertiary alicyclic amines) is 1. The summed E-state index contributed by atoms with van der Waals surface area (Å²) < 4.78 is 50.4. The van der Waals surface area contributed by atoms with Gasteiger partial charge in [-0.3, -0.25) is 29.6 Å². The van der Waals surface area contributed by atoms with Crippen LogP contribution in [0.15, 0.2) is 48.7 Å². The van der Waals surface area contributed by atoms with E-state index in [-0.39, 0.29) is 64.9 Å². The molecule has 7 aliphatic rings. The van der Waals surface area contributed by atoms with Gasteiger partial charge in [0.1, 0.15) is 34.6 Å². The molecule has 0 radical (unpaired) electrons. The Morgan fingerprint density at radius 1 is 0.883 bits per heavy atom. The summed E-state index contributed by atoms with van der Waals surface area (Å²) in [6, 6.07) is 12.2. The number of pyridine rings is 1. The van der Waals surface area contributed by atoms with Crippen molar-refractivity contribution in [3.05, 3.63) is 77.0 Å². The van der Waals surface area contributed by atoms with Crippen molar-refractivity contribution in [3.8, 4) is 23.0 Å². The number of hydrogen-bond acceptors (Lipinski definition) is 14. The molecule has 0 bridgehead atoms. The number of ether oxygens (including phenoxy) is 3. The third kappa shape index (κ3) is 9.96. The summed E-state index contributed by atoms with van der Waals surface area (Å²) in [5.74, 6) is -0.157. The summed E-state index contributed by atoms with van der Waals surface area (Å²) in [7, 11) is 5.73. The van der Waals surface area contributed by atoms with Crippen molar-refractivity contribution in [1.29, 1.82) is 0 Å². The molecule has 18 heteroatoms. The highest BCUT2D eigenvalue weighted by molar-refractivity contribution is 6.06. The number of piperidine rings is 2. The number of rotatable bonds is 18. The van der Waals surface area contributed by atoms with Crippen LogP contribution in [-0.4, -0.2) is 157 Å². The van der Waals surface area contributed by atoms with Gasteiger partial charge in [-0.1, -0.05) is 13.0 Å². The molecule has 2 N–H and O–H groups in total. The minimum atomic E-state index is -0.639. The highest BCUT2D eigenvalue weighted by Crippen LogP contribution is 2.54. The van der Waals surface area contributed by atoms with Gasteiger partial charge in [0.05, 0.1) is 12.0 Å². The average molecular weight is 1060 g/mol. The first-order valence-corrected chi connectivity index (χ1v) is 28.0. The number of carbonyl (C=O) groups excluding carboxylic acids is 3. The van der Waals surface area contributed by atoms with Crippen LogP contribution in [0.4, 0.5) is 20.3 Å². The van der Waals surface area contributed by atoms with Crippen molar-refractivity contribution in [2.75, 3.05) is 104 Å². The van der Waals surface area contributed by atoms with Crippen LogP contribution in [0.25, 0.3) is 32.9 Å². The molecule has 3 amide bonds. The lowest BCUT2D eigenvalue weighted by molar-refractivity contribution is -0.136. The lowest BCUT2D eigenvalue weighted by Gasteiger charge is -2.54. The van der Waals surface area contributed by atoms with E-state index < -0.39 is 11.9 Å². The summed E-state index contributed by atoms with van der Waals surface area (Å²) in [6.45, 7) is 11.4. The molecule has 3 saturated heterocycles. The number of aryl methyl sites for hydroxylation is 1. The molecular formula is C59H72F2N10O6. The van der Waals surface area contributed by atoms with Gasteiger partial charge in [-0.2, -0.15) is 9.97 Å². The van der Waals surface area contributed by atoms with Gasteiger partial charge >= 0.3 is 6.01 Å². The van der Waals surface area contributed by atoms with Crippen molar-refractivity contribution in [1.82, 2.24) is 39.9 Å². The van der Waals surface area contributed by atoms with Crippen molar-refractivity contribution < 1.29 is 37.4 Å². The second kappa shape index (κ2) is 20.6. The number of halogens is 2. The van der Waals surface area contributed by atoms with Crippen LogP contribution in [0.1, 0.15) is 99.0 Å². The molecule has 3 saturated carbocycles. The number of benzene rings is 3. The van der Waals surface area contributed by atoms with Crippen molar-refractivity contribution >= 4 is 50.9 Å². The van der Waals surface area contributed by atoms with E-state index >= 15 is 8.78 Å². The Morgan fingerprint density at radius 2 is 1.68 bits per heavy atom. The normalized spacial score (nSPS) is 22.1. The molecule has 3 aromatic carbocycles. The topological polar surface area (TPSA) is 158 Å². The predicted octanol–water partition coefficient (Wildman–Crippen LogP) is 7.80. The number of imide groups is 1. The molecule has 408 valence electrons. The van der Waals surface area contributed by atoms with Crippen molar-refractivity contribution in [2.45, 2.75) is 102 Å². The third-order valence-corrected chi connectivity index (χ3v) is 18.7. The number of amides is 3. The Balaban J connectivity index is 0.669. The van der Waals surface area contributed by atoms with Gasteiger partial charge in [0.2, 0.25) is 11.8 Å². The van der Waals surface area contributed by atoms with Crippen LogP contribution in [0.3, 0.4) is 0 Å². The fourth-order valence-electron chi connectivity index (χ4n) is 13.7. The highest BCUT2D eigenvalue weighted by Gasteiger charge is 2.50. The maximum absolute atomic E-state index is 17.4. The Kier molecular flexibility index (Phi) is 13.8. The Morgan fingerprint density at radius 3 is 2.38 bits per heavy atom. The second-order valence-corrected chi connectivity index (χ2v) is 23.7. The van der Waals surface area contributed by atoms with E-state index in [1.54, 1.807) is 23.2 Å². The minimum Gasteiger partial charge on any atom is -0.468 e. The van der Waals surface area contributed by atoms with E-state index in [1.165, 1.54) is 38.9 Å². The quantitative estimate of drug-likeness (QED) is 0.0647. The van der Waals surface area contributed by atoms with E-state index in [4.69, 9.17) is 29.2 Å². The Hall–Kier alpha value is -6.08. The lowest BCUT2D eigenvalue weighted by Crippen LogP contribution is -2.54. The van der Waals surface area contributed by atoms with E-state index in [0.29, 0.717) is 82.4 Å². The molecule has 1 spiro atoms. The molecule has 16 nitrogen and oxygen atoms in total. The molecule has 4 aliphatic heterocycles. The summed E-state index contributed by atoms with van der Waals surface area (Å²) >= 11 is 0. The van der Waals surface area contributed by atoms with Crippen LogP contribution in [0.2, 0.25) is 0 Å². The smallest absolute Gasteiger partial charge is 0.319 e. The maximum atomic E-state index is 17.4. The lowest BCUT2D eigenvalue weighted by atomic mass is 9.57. The van der Waals surface area contributed by atoms with Crippen LogP contribution in [0.5, 0.6) is 11.8 Å². The molecule has 12 rings (SSSR count). The molecule has 77 heavy (non-hydrogen) atoms. The number of nitrogens with one attached hydrogen (secondary N) is 2. The molecule has 1 atom stereocenters. The van der Waals surface area contributed by atoms with Gasteiger partial charge in [-0.25, -0.2) is 8.78 Å². The fraction of sp³-hybridized carbons (Fsp3) is 0.559. The number of nitrogens with zero attached hydrogens (tertiary/aromatic N) is 8. The first-order valence-electron chi connectivity index (χ1n) is 28.0. The van der Waals surface area contributed by atoms with Gasteiger partial charge < -0.3 is 39.1 Å². The van der Waals surface area contributed by atoms with Crippen LogP contribution < -0.4 is 25.0 Å². The first-order chi connectivity index (χ1) is 37.2. The van der Waals surface area contributed by atoms with Crippen molar-refractivity contribution in [2.24, 2.45) is 16.7 Å². The molecule has 5 aromatic rings. The Labute approximate surface area is 449 Å². The second-order valence-electron chi connectivity index (χ2n) is 23.7. The van der Waals surface area contributed by atoms with Gasteiger partial charge in [0, 0.05) is 99.9 Å². The molecule has 2 aromatic heterocycles. The van der Waals surface area contributed by atoms with Crippen molar-refractivity contribution in [3.63, 3.8) is 0 Å². The maximum Gasteiger partial charge on any atom is 0.319 e. The summed E-state index contributed by atoms with van der Waals surface area (Å²) in [5, 5.41) is 7.69. The van der Waals surface area contributed by atoms with E-state index in [1.807, 2.05) is 25.1 Å². The number of methoxy groups -OCH3 is 1. The van der Waals surface area contributed by atoms with Crippen LogP contribution >= 0.6 is 0 Å². The average Bonchev–Trinajstić information content (AvgIpc) is 4.16. The summed E-state index contributed by atoms with van der Waals surface area (Å²) in [5.41, 5.74) is 4.10.